The number of hydrogen-bond donors (Lipinski definition) is 0. The summed E-state index contributed by atoms with van der Waals surface area (Å²) in [5.74, 6) is 0.773. The predicted molar refractivity (Wildman–Crippen MR) is 124 cm³/mol. The molecule has 0 saturated heterocycles. The molecule has 0 saturated carbocycles. The second-order valence-corrected chi connectivity index (χ2v) is 7.72. The second kappa shape index (κ2) is 9.33. The van der Waals surface area contributed by atoms with Gasteiger partial charge in [-0.25, -0.2) is 9.78 Å². The molecule has 4 aromatic rings. The van der Waals surface area contributed by atoms with Crippen LogP contribution in [0.15, 0.2) is 66.7 Å². The van der Waals surface area contributed by atoms with E-state index < -0.39 is 5.97 Å². The summed E-state index contributed by atoms with van der Waals surface area (Å²) in [6, 6.07) is 21.7. The first-order chi connectivity index (χ1) is 15.6. The quantitative estimate of drug-likeness (QED) is 0.220. The largest absolute Gasteiger partial charge is 0.497 e. The minimum absolute atomic E-state index is 0.253. The number of thiazole rings is 1. The molecule has 0 bridgehead atoms. The molecule has 0 radical (unpaired) electrons. The van der Waals surface area contributed by atoms with Crippen LogP contribution in [0.25, 0.3) is 21.9 Å². The van der Waals surface area contributed by atoms with Crippen molar-refractivity contribution < 1.29 is 19.0 Å². The van der Waals surface area contributed by atoms with Gasteiger partial charge in [-0.1, -0.05) is 18.2 Å². The number of nitrogens with zero attached hydrogens (tertiary/aromatic N) is 2. The first-order valence-electron chi connectivity index (χ1n) is 9.63. The van der Waals surface area contributed by atoms with E-state index in [0.29, 0.717) is 33.2 Å². The van der Waals surface area contributed by atoms with E-state index in [1.165, 1.54) is 18.4 Å². The van der Waals surface area contributed by atoms with E-state index in [1.54, 1.807) is 55.7 Å². The molecule has 0 aliphatic rings. The van der Waals surface area contributed by atoms with Crippen LogP contribution in [-0.2, 0) is 0 Å². The lowest BCUT2D eigenvalue weighted by atomic mass is 10.1. The van der Waals surface area contributed by atoms with Gasteiger partial charge >= 0.3 is 5.97 Å². The number of allylic oxidation sites excluding steroid dienone is 1. The van der Waals surface area contributed by atoms with Gasteiger partial charge in [0.05, 0.1) is 35.6 Å². The van der Waals surface area contributed by atoms with Crippen LogP contribution in [0.1, 0.15) is 20.9 Å². The lowest BCUT2D eigenvalue weighted by Gasteiger charge is -2.10. The van der Waals surface area contributed by atoms with Crippen molar-refractivity contribution >= 4 is 39.2 Å². The van der Waals surface area contributed by atoms with E-state index in [2.05, 4.69) is 11.1 Å². The highest BCUT2D eigenvalue weighted by Gasteiger charge is 2.14. The fraction of sp³-hybridized carbons (Fsp3) is 0.0800. The molecule has 0 atom stereocenters. The Labute approximate surface area is 188 Å². The normalized spacial score (nSPS) is 11.1. The van der Waals surface area contributed by atoms with Crippen molar-refractivity contribution in [2.75, 3.05) is 14.2 Å². The van der Waals surface area contributed by atoms with Crippen LogP contribution in [0.2, 0.25) is 0 Å². The summed E-state index contributed by atoms with van der Waals surface area (Å²) in [5.41, 5.74) is 2.32. The third-order valence-corrected chi connectivity index (χ3v) is 5.74. The predicted octanol–water partition coefficient (Wildman–Crippen LogP) is 5.60. The van der Waals surface area contributed by atoms with Gasteiger partial charge in [0.25, 0.3) is 0 Å². The molecule has 7 heteroatoms. The number of carbonyl (C=O) groups excluding carboxylic acids is 1. The maximum atomic E-state index is 12.6. The van der Waals surface area contributed by atoms with Crippen molar-refractivity contribution in [3.8, 4) is 23.3 Å². The molecule has 1 aromatic heterocycles. The molecule has 3 aromatic carbocycles. The molecular weight excluding hydrogens is 424 g/mol. The van der Waals surface area contributed by atoms with Crippen LogP contribution in [0.3, 0.4) is 0 Å². The highest BCUT2D eigenvalue weighted by atomic mass is 32.1. The number of methoxy groups -OCH3 is 2. The first-order valence-corrected chi connectivity index (χ1v) is 10.4. The fourth-order valence-corrected chi connectivity index (χ4v) is 3.98. The number of nitriles is 1. The van der Waals surface area contributed by atoms with Gasteiger partial charge in [-0.2, -0.15) is 5.26 Å². The molecule has 32 heavy (non-hydrogen) atoms. The molecule has 0 unspecified atom stereocenters. The topological polar surface area (TPSA) is 81.4 Å². The summed E-state index contributed by atoms with van der Waals surface area (Å²) in [7, 11) is 3.05. The molecule has 0 N–H and O–H groups in total. The molecule has 0 fully saturated rings. The van der Waals surface area contributed by atoms with Crippen LogP contribution < -0.4 is 14.2 Å². The minimum atomic E-state index is -0.529. The van der Waals surface area contributed by atoms with Crippen molar-refractivity contribution in [1.82, 2.24) is 4.98 Å². The van der Waals surface area contributed by atoms with Crippen molar-refractivity contribution in [2.45, 2.75) is 0 Å². The van der Waals surface area contributed by atoms with Crippen molar-refractivity contribution in [2.24, 2.45) is 0 Å². The molecular formula is C25H18N2O4S. The molecule has 0 spiro atoms. The number of ether oxygens (including phenoxy) is 3. The number of aromatic nitrogens is 1. The summed E-state index contributed by atoms with van der Waals surface area (Å²) >= 11 is 1.45. The number of esters is 1. The molecule has 158 valence electrons. The van der Waals surface area contributed by atoms with Gasteiger partial charge in [0.2, 0.25) is 0 Å². The van der Waals surface area contributed by atoms with Crippen LogP contribution in [0.4, 0.5) is 0 Å². The lowest BCUT2D eigenvalue weighted by molar-refractivity contribution is 0.0729. The molecule has 0 aliphatic heterocycles. The summed E-state index contributed by atoms with van der Waals surface area (Å²) in [6.07, 6.45) is 1.71. The summed E-state index contributed by atoms with van der Waals surface area (Å²) in [4.78, 5) is 17.1. The zero-order chi connectivity index (χ0) is 22.5. The Morgan fingerprint density at radius 1 is 1.00 bits per heavy atom. The summed E-state index contributed by atoms with van der Waals surface area (Å²) in [5, 5.41) is 10.3. The smallest absolute Gasteiger partial charge is 0.343 e. The van der Waals surface area contributed by atoms with Gasteiger partial charge in [0.15, 0.2) is 11.5 Å². The number of benzene rings is 3. The van der Waals surface area contributed by atoms with Crippen LogP contribution in [0.5, 0.6) is 17.2 Å². The van der Waals surface area contributed by atoms with Crippen molar-refractivity contribution in [3.05, 3.63) is 82.9 Å². The van der Waals surface area contributed by atoms with E-state index >= 15 is 0 Å². The van der Waals surface area contributed by atoms with Gasteiger partial charge in [0, 0.05) is 0 Å². The Hall–Kier alpha value is -4.15. The van der Waals surface area contributed by atoms with Crippen LogP contribution >= 0.6 is 11.3 Å². The standard InChI is InChI=1S/C25H18N2O4S/c1-29-19-10-8-17(9-11-19)25(28)31-22-14-16(7-12-21(22)30-2)13-18(15-26)24-27-20-5-3-4-6-23(20)32-24/h3-14H,1-2H3. The molecule has 0 amide bonds. The van der Waals surface area contributed by atoms with Crippen LogP contribution in [-0.4, -0.2) is 25.2 Å². The number of para-hydroxylation sites is 1. The van der Waals surface area contributed by atoms with E-state index in [4.69, 9.17) is 14.2 Å². The SMILES string of the molecule is COc1ccc(C(=O)Oc2cc(C=C(C#N)c3nc4ccccc4s3)ccc2OC)cc1. The van der Waals surface area contributed by atoms with E-state index in [0.717, 1.165) is 10.2 Å². The summed E-state index contributed by atoms with van der Waals surface area (Å²) < 4.78 is 17.0. The maximum absolute atomic E-state index is 12.6. The Balaban J connectivity index is 1.64. The number of rotatable bonds is 6. The average molecular weight is 442 g/mol. The van der Waals surface area contributed by atoms with E-state index in [9.17, 15) is 10.1 Å². The highest BCUT2D eigenvalue weighted by Crippen LogP contribution is 2.32. The third kappa shape index (κ3) is 4.46. The minimum Gasteiger partial charge on any atom is -0.497 e. The van der Waals surface area contributed by atoms with Gasteiger partial charge in [0.1, 0.15) is 16.8 Å². The molecule has 0 aliphatic carbocycles. The molecule has 6 nitrogen and oxygen atoms in total. The Kier molecular flexibility index (Phi) is 6.15. The third-order valence-electron chi connectivity index (χ3n) is 4.67. The van der Waals surface area contributed by atoms with Gasteiger partial charge in [-0.3, -0.25) is 0 Å². The van der Waals surface area contributed by atoms with Crippen molar-refractivity contribution in [1.29, 1.82) is 5.26 Å². The lowest BCUT2D eigenvalue weighted by Crippen LogP contribution is -2.09. The number of carbonyl (C=O) groups is 1. The van der Waals surface area contributed by atoms with Gasteiger partial charge < -0.3 is 14.2 Å². The zero-order valence-corrected chi connectivity index (χ0v) is 18.2. The van der Waals surface area contributed by atoms with E-state index in [-0.39, 0.29) is 5.75 Å². The van der Waals surface area contributed by atoms with Gasteiger partial charge in [-0.15, -0.1) is 11.3 Å². The van der Waals surface area contributed by atoms with E-state index in [1.807, 2.05) is 24.3 Å². The number of hydrogen-bond acceptors (Lipinski definition) is 7. The van der Waals surface area contributed by atoms with Gasteiger partial charge in [-0.05, 0) is 60.2 Å². The highest BCUT2D eigenvalue weighted by molar-refractivity contribution is 7.19. The maximum Gasteiger partial charge on any atom is 0.343 e. The zero-order valence-electron chi connectivity index (χ0n) is 17.4. The van der Waals surface area contributed by atoms with Crippen molar-refractivity contribution in [3.63, 3.8) is 0 Å². The Bertz CT molecular complexity index is 1320. The Morgan fingerprint density at radius 3 is 2.47 bits per heavy atom. The fourth-order valence-electron chi connectivity index (χ4n) is 3.04. The monoisotopic (exact) mass is 442 g/mol. The molecule has 1 heterocycles. The van der Waals surface area contributed by atoms with Crippen LogP contribution in [0, 0.1) is 11.3 Å². The summed E-state index contributed by atoms with van der Waals surface area (Å²) in [6.45, 7) is 0. The second-order valence-electron chi connectivity index (χ2n) is 6.68. The average Bonchev–Trinajstić information content (AvgIpc) is 3.27. The number of fused-ring (bicyclic) bond motifs is 1. The Morgan fingerprint density at radius 2 is 1.78 bits per heavy atom. The first kappa shape index (κ1) is 21.1. The molecule has 4 rings (SSSR count).